The molecule has 0 aliphatic heterocycles. The number of amides is 3. The van der Waals surface area contributed by atoms with Gasteiger partial charge in [-0.25, -0.2) is 4.79 Å². The Morgan fingerprint density at radius 1 is 0.974 bits per heavy atom. The van der Waals surface area contributed by atoms with Crippen LogP contribution in [0.25, 0.3) is 0 Å². The van der Waals surface area contributed by atoms with Crippen molar-refractivity contribution in [3.63, 3.8) is 0 Å². The quantitative estimate of drug-likeness (QED) is 0.369. The molecular formula is C31H51N3O4. The van der Waals surface area contributed by atoms with Crippen molar-refractivity contribution in [1.29, 1.82) is 0 Å². The predicted molar refractivity (Wildman–Crippen MR) is 153 cm³/mol. The second-order valence-corrected chi connectivity index (χ2v) is 12.5. The lowest BCUT2D eigenvalue weighted by atomic mass is 9.90. The minimum Gasteiger partial charge on any atom is -0.444 e. The Labute approximate surface area is 230 Å². The summed E-state index contributed by atoms with van der Waals surface area (Å²) in [6.07, 6.45) is 6.33. The molecule has 0 saturated heterocycles. The summed E-state index contributed by atoms with van der Waals surface area (Å²) in [6.45, 7) is 17.3. The van der Waals surface area contributed by atoms with Gasteiger partial charge in [-0.2, -0.15) is 0 Å². The maximum Gasteiger partial charge on any atom is 0.408 e. The molecule has 7 heteroatoms. The number of nitrogens with zero attached hydrogens (tertiary/aromatic N) is 1. The molecule has 1 aromatic carbocycles. The van der Waals surface area contributed by atoms with Gasteiger partial charge in [-0.05, 0) is 96.8 Å². The van der Waals surface area contributed by atoms with Crippen molar-refractivity contribution in [3.8, 4) is 0 Å². The van der Waals surface area contributed by atoms with E-state index >= 15 is 0 Å². The molecule has 2 N–H and O–H groups in total. The number of alkyl carbamates (subject to hydrolysis) is 1. The molecule has 7 nitrogen and oxygen atoms in total. The lowest BCUT2D eigenvalue weighted by molar-refractivity contribution is -0.145. The Balaban J connectivity index is 2.51. The molecule has 1 aliphatic carbocycles. The van der Waals surface area contributed by atoms with E-state index in [-0.39, 0.29) is 23.9 Å². The van der Waals surface area contributed by atoms with Crippen molar-refractivity contribution in [2.75, 3.05) is 0 Å². The highest BCUT2D eigenvalue weighted by atomic mass is 16.6. The van der Waals surface area contributed by atoms with Crippen molar-refractivity contribution >= 4 is 17.9 Å². The molecule has 214 valence electrons. The van der Waals surface area contributed by atoms with Crippen LogP contribution in [0.5, 0.6) is 0 Å². The Kier molecular flexibility index (Phi) is 11.7. The highest BCUT2D eigenvalue weighted by molar-refractivity contribution is 5.92. The summed E-state index contributed by atoms with van der Waals surface area (Å²) >= 11 is 0. The zero-order valence-electron chi connectivity index (χ0n) is 25.1. The zero-order valence-corrected chi connectivity index (χ0v) is 25.1. The number of rotatable bonds is 10. The van der Waals surface area contributed by atoms with Gasteiger partial charge in [0, 0.05) is 12.1 Å². The van der Waals surface area contributed by atoms with E-state index < -0.39 is 23.8 Å². The van der Waals surface area contributed by atoms with Crippen molar-refractivity contribution in [3.05, 3.63) is 34.9 Å². The van der Waals surface area contributed by atoms with Gasteiger partial charge in [0.25, 0.3) is 0 Å². The number of carbonyl (C=O) groups is 3. The van der Waals surface area contributed by atoms with Gasteiger partial charge in [0.1, 0.15) is 17.7 Å². The molecule has 1 fully saturated rings. The molecule has 2 rings (SSSR count). The molecule has 1 aromatic rings. The molecule has 1 aliphatic rings. The van der Waals surface area contributed by atoms with Crippen LogP contribution < -0.4 is 10.6 Å². The largest absolute Gasteiger partial charge is 0.444 e. The predicted octanol–water partition coefficient (Wildman–Crippen LogP) is 6.36. The molecule has 0 heterocycles. The number of nitrogens with one attached hydrogen (secondary N) is 2. The van der Waals surface area contributed by atoms with Crippen molar-refractivity contribution in [2.45, 2.75) is 137 Å². The summed E-state index contributed by atoms with van der Waals surface area (Å²) in [6, 6.07) is 4.21. The normalized spacial score (nSPS) is 16.9. The van der Waals surface area contributed by atoms with E-state index in [1.807, 2.05) is 39.0 Å². The lowest BCUT2D eigenvalue weighted by Gasteiger charge is -2.40. The van der Waals surface area contributed by atoms with Gasteiger partial charge in [-0.1, -0.05) is 51.3 Å². The second kappa shape index (κ2) is 14.0. The number of hydrogen-bond acceptors (Lipinski definition) is 4. The Morgan fingerprint density at radius 3 is 2.08 bits per heavy atom. The number of carbonyl (C=O) groups excluding carboxylic acids is 3. The summed E-state index contributed by atoms with van der Waals surface area (Å²) in [5.41, 5.74) is 2.11. The summed E-state index contributed by atoms with van der Waals surface area (Å²) in [4.78, 5) is 42.5. The average Bonchev–Trinajstić information content (AvgIpc) is 2.80. The molecule has 3 atom stereocenters. The molecule has 0 radical (unpaired) electrons. The second-order valence-electron chi connectivity index (χ2n) is 12.5. The highest BCUT2D eigenvalue weighted by Gasteiger charge is 2.39. The third-order valence-electron chi connectivity index (χ3n) is 7.29. The lowest BCUT2D eigenvalue weighted by Crippen LogP contribution is -2.55. The van der Waals surface area contributed by atoms with Crippen LogP contribution in [-0.2, 0) is 14.3 Å². The zero-order chi connectivity index (χ0) is 28.6. The van der Waals surface area contributed by atoms with Gasteiger partial charge in [0.05, 0.1) is 0 Å². The standard InChI is InChI=1S/C31H51N3O4/c1-20(2)18-19-23(5)34(29(36)24(6)32-30(37)38-31(7,8)9)27(26-21(3)14-13-15-22(26)4)28(35)33-25-16-11-10-12-17-25/h13-15,20,23-25,27H,10-12,16-19H2,1-9H3,(H,32,37)(H,33,35). The van der Waals surface area contributed by atoms with Crippen LogP contribution in [0, 0.1) is 19.8 Å². The van der Waals surface area contributed by atoms with E-state index in [0.29, 0.717) is 5.92 Å². The van der Waals surface area contributed by atoms with Gasteiger partial charge in [-0.15, -0.1) is 0 Å². The molecule has 3 amide bonds. The van der Waals surface area contributed by atoms with Crippen molar-refractivity contribution in [1.82, 2.24) is 15.5 Å². The molecule has 0 spiro atoms. The number of benzene rings is 1. The first-order valence-electron chi connectivity index (χ1n) is 14.4. The van der Waals surface area contributed by atoms with Crippen LogP contribution in [0.3, 0.4) is 0 Å². The van der Waals surface area contributed by atoms with E-state index in [9.17, 15) is 14.4 Å². The van der Waals surface area contributed by atoms with Crippen LogP contribution in [0.1, 0.15) is 116 Å². The molecular weight excluding hydrogens is 478 g/mol. The van der Waals surface area contributed by atoms with E-state index in [1.54, 1.807) is 32.6 Å². The summed E-state index contributed by atoms with van der Waals surface area (Å²) in [7, 11) is 0. The van der Waals surface area contributed by atoms with Crippen molar-refractivity contribution in [2.24, 2.45) is 5.92 Å². The minimum absolute atomic E-state index is 0.114. The average molecular weight is 530 g/mol. The topological polar surface area (TPSA) is 87.7 Å². The molecule has 0 aromatic heterocycles. The Morgan fingerprint density at radius 2 is 1.55 bits per heavy atom. The van der Waals surface area contributed by atoms with Crippen LogP contribution in [-0.4, -0.2) is 46.5 Å². The maximum atomic E-state index is 14.1. The molecule has 1 saturated carbocycles. The Hall–Kier alpha value is -2.57. The van der Waals surface area contributed by atoms with Crippen LogP contribution in [0.2, 0.25) is 0 Å². The first kappa shape index (κ1) is 31.6. The van der Waals surface area contributed by atoms with Gasteiger partial charge in [-0.3, -0.25) is 9.59 Å². The van der Waals surface area contributed by atoms with Gasteiger partial charge < -0.3 is 20.3 Å². The fourth-order valence-corrected chi connectivity index (χ4v) is 5.26. The third kappa shape index (κ3) is 9.32. The van der Waals surface area contributed by atoms with Crippen LogP contribution in [0.4, 0.5) is 4.79 Å². The number of ether oxygens (including phenoxy) is 1. The van der Waals surface area contributed by atoms with E-state index in [0.717, 1.165) is 55.2 Å². The molecule has 3 unspecified atom stereocenters. The van der Waals surface area contributed by atoms with Crippen molar-refractivity contribution < 1.29 is 19.1 Å². The Bertz CT molecular complexity index is 927. The number of aryl methyl sites for hydroxylation is 2. The van der Waals surface area contributed by atoms with Gasteiger partial charge in [0.15, 0.2) is 0 Å². The van der Waals surface area contributed by atoms with E-state index in [1.165, 1.54) is 6.42 Å². The molecule has 0 bridgehead atoms. The van der Waals surface area contributed by atoms with E-state index in [2.05, 4.69) is 24.5 Å². The van der Waals surface area contributed by atoms with E-state index in [4.69, 9.17) is 4.74 Å². The molecule has 38 heavy (non-hydrogen) atoms. The highest BCUT2D eigenvalue weighted by Crippen LogP contribution is 2.32. The third-order valence-corrected chi connectivity index (χ3v) is 7.29. The summed E-state index contributed by atoms with van der Waals surface area (Å²) in [5, 5.41) is 6.00. The maximum absolute atomic E-state index is 14.1. The number of hydrogen-bond donors (Lipinski definition) is 2. The fourth-order valence-electron chi connectivity index (χ4n) is 5.26. The minimum atomic E-state index is -0.861. The SMILES string of the molecule is Cc1cccc(C)c1C(C(=O)NC1CCCCC1)N(C(=O)C(C)NC(=O)OC(C)(C)C)C(C)CCC(C)C. The monoisotopic (exact) mass is 529 g/mol. The first-order chi connectivity index (χ1) is 17.7. The summed E-state index contributed by atoms with van der Waals surface area (Å²) < 4.78 is 5.41. The van der Waals surface area contributed by atoms with Crippen LogP contribution >= 0.6 is 0 Å². The van der Waals surface area contributed by atoms with Gasteiger partial charge in [0.2, 0.25) is 11.8 Å². The van der Waals surface area contributed by atoms with Gasteiger partial charge >= 0.3 is 6.09 Å². The first-order valence-corrected chi connectivity index (χ1v) is 14.4. The summed E-state index contributed by atoms with van der Waals surface area (Å²) in [5.74, 6) is 0.0171. The van der Waals surface area contributed by atoms with Crippen LogP contribution in [0.15, 0.2) is 18.2 Å². The smallest absolute Gasteiger partial charge is 0.408 e. The fraction of sp³-hybridized carbons (Fsp3) is 0.710.